The van der Waals surface area contributed by atoms with Gasteiger partial charge in [0, 0.05) is 36.2 Å². The van der Waals surface area contributed by atoms with E-state index in [-0.39, 0.29) is 5.97 Å². The Morgan fingerprint density at radius 2 is 1.81 bits per heavy atom. The highest BCUT2D eigenvalue weighted by Crippen LogP contribution is 2.28. The van der Waals surface area contributed by atoms with Crippen LogP contribution in [0.1, 0.15) is 23.7 Å². The van der Waals surface area contributed by atoms with Gasteiger partial charge in [-0.1, -0.05) is 19.1 Å². The Morgan fingerprint density at radius 3 is 2.50 bits per heavy atom. The fourth-order valence-electron chi connectivity index (χ4n) is 3.76. The number of anilines is 4. The minimum atomic E-state index is -3.35. The fourth-order valence-corrected chi connectivity index (χ4v) is 4.33. The predicted octanol–water partition coefficient (Wildman–Crippen LogP) is 3.66. The molecule has 2 N–H and O–H groups in total. The van der Waals surface area contributed by atoms with E-state index >= 15 is 0 Å². The van der Waals surface area contributed by atoms with Crippen LogP contribution in [-0.2, 0) is 19.5 Å². The molecule has 4 rings (SSSR count). The Hall–Kier alpha value is -3.70. The van der Waals surface area contributed by atoms with Crippen molar-refractivity contribution in [2.24, 2.45) is 0 Å². The van der Waals surface area contributed by atoms with Gasteiger partial charge in [0.25, 0.3) is 0 Å². The normalized spacial score (nSPS) is 13.8. The number of morpholine rings is 1. The number of hydrogen-bond acceptors (Lipinski definition) is 9. The highest BCUT2D eigenvalue weighted by molar-refractivity contribution is 7.92. The Labute approximate surface area is 210 Å². The quantitative estimate of drug-likeness (QED) is 0.414. The molecule has 1 aromatic heterocycles. The number of aromatic nitrogens is 2. The average molecular weight is 512 g/mol. The van der Waals surface area contributed by atoms with Crippen LogP contribution < -0.4 is 14.9 Å². The zero-order chi connectivity index (χ0) is 25.5. The molecule has 1 saturated heterocycles. The summed E-state index contributed by atoms with van der Waals surface area (Å²) in [7, 11) is -3.35. The van der Waals surface area contributed by atoms with E-state index in [0.717, 1.165) is 23.9 Å². The zero-order valence-corrected chi connectivity index (χ0v) is 21.0. The number of sulfonamides is 1. The molecule has 1 aliphatic rings. The highest BCUT2D eigenvalue weighted by atomic mass is 32.2. The van der Waals surface area contributed by atoms with Crippen molar-refractivity contribution in [2.45, 2.75) is 13.3 Å². The highest BCUT2D eigenvalue weighted by Gasteiger charge is 2.20. The number of carbonyl (C=O) groups excluding carboxylic acids is 1. The summed E-state index contributed by atoms with van der Waals surface area (Å²) in [5.41, 5.74) is 3.86. The van der Waals surface area contributed by atoms with Crippen molar-refractivity contribution in [1.82, 2.24) is 9.97 Å². The van der Waals surface area contributed by atoms with Gasteiger partial charge in [-0.25, -0.2) is 23.2 Å². The minimum Gasteiger partial charge on any atom is -0.462 e. The van der Waals surface area contributed by atoms with Crippen molar-refractivity contribution in [2.75, 3.05) is 54.1 Å². The van der Waals surface area contributed by atoms with Crippen LogP contribution in [0.15, 0.2) is 54.7 Å². The van der Waals surface area contributed by atoms with E-state index in [0.29, 0.717) is 61.5 Å². The van der Waals surface area contributed by atoms with Gasteiger partial charge < -0.3 is 19.7 Å². The molecule has 0 amide bonds. The second-order valence-electron chi connectivity index (χ2n) is 8.31. The Morgan fingerprint density at radius 1 is 1.08 bits per heavy atom. The summed E-state index contributed by atoms with van der Waals surface area (Å²) in [5, 5.41) is 3.17. The summed E-state index contributed by atoms with van der Waals surface area (Å²) >= 11 is 0. The van der Waals surface area contributed by atoms with Crippen LogP contribution in [0, 0.1) is 0 Å². The third-order valence-corrected chi connectivity index (χ3v) is 6.01. The number of carbonyl (C=O) groups is 1. The van der Waals surface area contributed by atoms with E-state index in [1.54, 1.807) is 42.6 Å². The maximum atomic E-state index is 12.8. The molecule has 0 aliphatic carbocycles. The van der Waals surface area contributed by atoms with Crippen molar-refractivity contribution in [3.05, 3.63) is 60.3 Å². The fraction of sp³-hybridized carbons (Fsp3) is 0.320. The van der Waals surface area contributed by atoms with Crippen molar-refractivity contribution < 1.29 is 22.7 Å². The average Bonchev–Trinajstić information content (AvgIpc) is 2.87. The number of hydrogen-bond donors (Lipinski definition) is 2. The van der Waals surface area contributed by atoms with E-state index < -0.39 is 10.0 Å². The second-order valence-corrected chi connectivity index (χ2v) is 10.1. The summed E-state index contributed by atoms with van der Waals surface area (Å²) < 4.78 is 36.2. The van der Waals surface area contributed by atoms with Gasteiger partial charge in [-0.15, -0.1) is 0 Å². The molecule has 36 heavy (non-hydrogen) atoms. The van der Waals surface area contributed by atoms with E-state index in [9.17, 15) is 13.2 Å². The molecule has 0 bridgehead atoms. The molecule has 3 aromatic rings. The third kappa shape index (κ3) is 6.70. The summed E-state index contributed by atoms with van der Waals surface area (Å²) in [6.07, 6.45) is 3.47. The molecule has 10 nitrogen and oxygen atoms in total. The molecular weight excluding hydrogens is 482 g/mol. The molecule has 11 heteroatoms. The molecular formula is C25H29N5O5S. The smallest absolute Gasteiger partial charge is 0.340 e. The standard InChI is InChI=1S/C25H29N5O5S/c1-3-14-35-24(31)21-17-20(8-9-23(21)30-12-15-34-16-13-30)27-25-26-11-10-22(28-25)18-4-6-19(7-5-18)29-36(2,32)33/h4-11,17,29H,3,12-16H2,1-2H3,(H,26,27,28). The second kappa shape index (κ2) is 11.4. The molecule has 0 atom stereocenters. The predicted molar refractivity (Wildman–Crippen MR) is 139 cm³/mol. The summed E-state index contributed by atoms with van der Waals surface area (Å²) in [5.74, 6) is -0.0164. The van der Waals surface area contributed by atoms with Gasteiger partial charge in [-0.2, -0.15) is 0 Å². The van der Waals surface area contributed by atoms with E-state index in [1.165, 1.54) is 0 Å². The molecule has 190 valence electrons. The number of rotatable bonds is 9. The lowest BCUT2D eigenvalue weighted by atomic mass is 10.1. The van der Waals surface area contributed by atoms with Crippen LogP contribution in [0.25, 0.3) is 11.3 Å². The summed E-state index contributed by atoms with van der Waals surface area (Å²) in [6, 6.07) is 14.2. The van der Waals surface area contributed by atoms with Crippen molar-refractivity contribution in [1.29, 1.82) is 0 Å². The Kier molecular flexibility index (Phi) is 8.01. The number of esters is 1. The van der Waals surface area contributed by atoms with Crippen LogP contribution in [-0.4, -0.2) is 63.5 Å². The lowest BCUT2D eigenvalue weighted by Gasteiger charge is -2.30. The van der Waals surface area contributed by atoms with Gasteiger partial charge >= 0.3 is 5.97 Å². The van der Waals surface area contributed by atoms with E-state index in [4.69, 9.17) is 9.47 Å². The van der Waals surface area contributed by atoms with Crippen molar-refractivity contribution in [3.8, 4) is 11.3 Å². The van der Waals surface area contributed by atoms with Crippen molar-refractivity contribution in [3.63, 3.8) is 0 Å². The molecule has 2 heterocycles. The van der Waals surface area contributed by atoms with Crippen LogP contribution in [0.4, 0.5) is 23.0 Å². The minimum absolute atomic E-state index is 0.350. The Bertz CT molecular complexity index is 1310. The lowest BCUT2D eigenvalue weighted by Crippen LogP contribution is -2.37. The zero-order valence-electron chi connectivity index (χ0n) is 20.2. The van der Waals surface area contributed by atoms with Gasteiger partial charge in [-0.05, 0) is 42.8 Å². The van der Waals surface area contributed by atoms with Gasteiger partial charge in [0.2, 0.25) is 16.0 Å². The number of benzene rings is 2. The molecule has 0 radical (unpaired) electrons. The number of nitrogens with zero attached hydrogens (tertiary/aromatic N) is 3. The van der Waals surface area contributed by atoms with Gasteiger partial charge in [0.1, 0.15) is 0 Å². The largest absolute Gasteiger partial charge is 0.462 e. The first kappa shape index (κ1) is 25.4. The Balaban J connectivity index is 1.56. The maximum Gasteiger partial charge on any atom is 0.340 e. The SMILES string of the molecule is CCCOC(=O)c1cc(Nc2nccc(-c3ccc(NS(C)(=O)=O)cc3)n2)ccc1N1CCOCC1. The summed E-state index contributed by atoms with van der Waals surface area (Å²) in [6.45, 7) is 4.91. The number of ether oxygens (including phenoxy) is 2. The molecule has 0 spiro atoms. The third-order valence-electron chi connectivity index (χ3n) is 5.40. The molecule has 0 unspecified atom stereocenters. The van der Waals surface area contributed by atoms with Crippen LogP contribution in [0.3, 0.4) is 0 Å². The van der Waals surface area contributed by atoms with Gasteiger partial charge in [0.05, 0.1) is 43.0 Å². The number of nitrogens with one attached hydrogen (secondary N) is 2. The maximum absolute atomic E-state index is 12.8. The van der Waals surface area contributed by atoms with Gasteiger partial charge in [-0.3, -0.25) is 4.72 Å². The molecule has 2 aromatic carbocycles. The van der Waals surface area contributed by atoms with Crippen molar-refractivity contribution >= 4 is 39.0 Å². The molecule has 1 aliphatic heterocycles. The first-order chi connectivity index (χ1) is 17.3. The van der Waals surface area contributed by atoms with E-state index in [1.807, 2.05) is 19.1 Å². The lowest BCUT2D eigenvalue weighted by molar-refractivity contribution is 0.0505. The summed E-state index contributed by atoms with van der Waals surface area (Å²) in [4.78, 5) is 23.8. The molecule has 0 saturated carbocycles. The van der Waals surface area contributed by atoms with Crippen LogP contribution in [0.2, 0.25) is 0 Å². The topological polar surface area (TPSA) is 123 Å². The van der Waals surface area contributed by atoms with Crippen LogP contribution in [0.5, 0.6) is 0 Å². The monoisotopic (exact) mass is 511 g/mol. The van der Waals surface area contributed by atoms with E-state index in [2.05, 4.69) is 24.9 Å². The van der Waals surface area contributed by atoms with Crippen LogP contribution >= 0.6 is 0 Å². The first-order valence-corrected chi connectivity index (χ1v) is 13.5. The molecule has 1 fully saturated rings. The first-order valence-electron chi connectivity index (χ1n) is 11.6. The van der Waals surface area contributed by atoms with Gasteiger partial charge in [0.15, 0.2) is 0 Å².